The summed E-state index contributed by atoms with van der Waals surface area (Å²) in [4.78, 5) is 16.9. The molecule has 0 bridgehead atoms. The van der Waals surface area contributed by atoms with E-state index in [0.717, 1.165) is 16.4 Å². The van der Waals surface area contributed by atoms with Crippen LogP contribution in [0.5, 0.6) is 0 Å². The van der Waals surface area contributed by atoms with Crippen molar-refractivity contribution in [2.45, 2.75) is 6.92 Å². The van der Waals surface area contributed by atoms with Gasteiger partial charge in [-0.05, 0) is 31.2 Å². The van der Waals surface area contributed by atoms with Crippen molar-refractivity contribution in [3.05, 3.63) is 46.7 Å². The van der Waals surface area contributed by atoms with Crippen LogP contribution >= 0.6 is 11.6 Å². The molecule has 1 heterocycles. The molecule has 0 saturated heterocycles. The van der Waals surface area contributed by atoms with Crippen LogP contribution in [0.3, 0.4) is 0 Å². The van der Waals surface area contributed by atoms with E-state index in [0.29, 0.717) is 10.6 Å². The molecule has 0 radical (unpaired) electrons. The Labute approximate surface area is 116 Å². The SMILES string of the molecule is CON(C)C(=O)c1cnn(-c2ccc(Cl)cc2)c1C. The first-order valence-corrected chi connectivity index (χ1v) is 6.05. The van der Waals surface area contributed by atoms with Gasteiger partial charge in [-0.2, -0.15) is 5.10 Å². The number of nitrogens with zero attached hydrogens (tertiary/aromatic N) is 3. The van der Waals surface area contributed by atoms with Gasteiger partial charge in [-0.25, -0.2) is 9.75 Å². The lowest BCUT2D eigenvalue weighted by Crippen LogP contribution is -2.25. The van der Waals surface area contributed by atoms with Crippen LogP contribution in [-0.2, 0) is 4.84 Å². The molecule has 2 aromatic rings. The van der Waals surface area contributed by atoms with Crippen molar-refractivity contribution in [3.63, 3.8) is 0 Å². The van der Waals surface area contributed by atoms with Crippen LogP contribution in [-0.4, -0.2) is 34.9 Å². The van der Waals surface area contributed by atoms with Crippen molar-refractivity contribution >= 4 is 17.5 Å². The Hall–Kier alpha value is -1.85. The van der Waals surface area contributed by atoms with E-state index in [4.69, 9.17) is 16.4 Å². The molecule has 0 atom stereocenters. The maximum atomic E-state index is 12.0. The summed E-state index contributed by atoms with van der Waals surface area (Å²) in [5, 5.41) is 6.04. The number of hydrogen-bond acceptors (Lipinski definition) is 3. The van der Waals surface area contributed by atoms with Crippen molar-refractivity contribution in [1.29, 1.82) is 0 Å². The molecule has 19 heavy (non-hydrogen) atoms. The number of carbonyl (C=O) groups is 1. The fraction of sp³-hybridized carbons (Fsp3) is 0.231. The number of rotatable bonds is 3. The number of carbonyl (C=O) groups excluding carboxylic acids is 1. The summed E-state index contributed by atoms with van der Waals surface area (Å²) in [7, 11) is 3.00. The summed E-state index contributed by atoms with van der Waals surface area (Å²) in [5.74, 6) is -0.236. The Balaban J connectivity index is 2.38. The zero-order valence-corrected chi connectivity index (χ0v) is 11.7. The summed E-state index contributed by atoms with van der Waals surface area (Å²) >= 11 is 5.85. The molecule has 2 rings (SSSR count). The van der Waals surface area contributed by atoms with Crippen LogP contribution in [0, 0.1) is 6.92 Å². The van der Waals surface area contributed by atoms with Crippen molar-refractivity contribution in [1.82, 2.24) is 14.8 Å². The van der Waals surface area contributed by atoms with Crippen LogP contribution in [0.25, 0.3) is 5.69 Å². The second-order valence-electron chi connectivity index (χ2n) is 4.02. The highest BCUT2D eigenvalue weighted by atomic mass is 35.5. The largest absolute Gasteiger partial charge is 0.280 e. The Morgan fingerprint density at radius 1 is 1.37 bits per heavy atom. The molecule has 0 saturated carbocycles. The number of hydroxylamine groups is 2. The molecule has 6 heteroatoms. The first-order valence-electron chi connectivity index (χ1n) is 5.67. The Kier molecular flexibility index (Phi) is 3.87. The second kappa shape index (κ2) is 5.42. The van der Waals surface area contributed by atoms with Crippen LogP contribution in [0.1, 0.15) is 16.1 Å². The van der Waals surface area contributed by atoms with Gasteiger partial charge >= 0.3 is 0 Å². The van der Waals surface area contributed by atoms with Crippen molar-refractivity contribution < 1.29 is 9.63 Å². The third-order valence-electron chi connectivity index (χ3n) is 2.87. The molecule has 5 nitrogen and oxygen atoms in total. The Morgan fingerprint density at radius 3 is 2.58 bits per heavy atom. The maximum absolute atomic E-state index is 12.0. The molecule has 0 fully saturated rings. The van der Waals surface area contributed by atoms with E-state index < -0.39 is 0 Å². The normalized spacial score (nSPS) is 10.5. The molecule has 0 aliphatic heterocycles. The maximum Gasteiger partial charge on any atom is 0.280 e. The summed E-state index contributed by atoms with van der Waals surface area (Å²) in [6, 6.07) is 7.24. The Morgan fingerprint density at radius 2 is 2.00 bits per heavy atom. The third kappa shape index (κ3) is 2.62. The molecule has 0 N–H and O–H groups in total. The van der Waals surface area contributed by atoms with Gasteiger partial charge in [0.2, 0.25) is 0 Å². The number of aromatic nitrogens is 2. The number of halogens is 1. The first kappa shape index (κ1) is 13.6. The smallest absolute Gasteiger partial charge is 0.274 e. The van der Waals surface area contributed by atoms with E-state index in [9.17, 15) is 4.79 Å². The number of amides is 1. The molecule has 0 spiro atoms. The first-order chi connectivity index (χ1) is 9.04. The van der Waals surface area contributed by atoms with Crippen molar-refractivity contribution in [2.75, 3.05) is 14.2 Å². The average molecular weight is 280 g/mol. The highest BCUT2D eigenvalue weighted by Gasteiger charge is 2.18. The van der Waals surface area contributed by atoms with Crippen LogP contribution < -0.4 is 0 Å². The highest BCUT2D eigenvalue weighted by molar-refractivity contribution is 6.30. The van der Waals surface area contributed by atoms with Gasteiger partial charge in [-0.1, -0.05) is 11.6 Å². The fourth-order valence-corrected chi connectivity index (χ4v) is 1.84. The standard InChI is InChI=1S/C13H14ClN3O2/c1-9-12(13(18)16(2)19-3)8-15-17(9)11-6-4-10(14)5-7-11/h4-8H,1-3H3. The number of hydrogen-bond donors (Lipinski definition) is 0. The van der Waals surface area contributed by atoms with Crippen LogP contribution in [0.4, 0.5) is 0 Å². The van der Waals surface area contributed by atoms with Gasteiger partial charge in [0.05, 0.1) is 30.3 Å². The molecule has 1 aromatic carbocycles. The molecule has 0 unspecified atom stereocenters. The predicted molar refractivity (Wildman–Crippen MR) is 72.4 cm³/mol. The lowest BCUT2D eigenvalue weighted by molar-refractivity contribution is -0.0757. The Bertz CT molecular complexity index is 592. The van der Waals surface area contributed by atoms with E-state index in [-0.39, 0.29) is 5.91 Å². The van der Waals surface area contributed by atoms with Gasteiger partial charge in [0, 0.05) is 12.1 Å². The van der Waals surface area contributed by atoms with Gasteiger partial charge in [0.1, 0.15) is 0 Å². The van der Waals surface area contributed by atoms with E-state index in [1.54, 1.807) is 23.9 Å². The van der Waals surface area contributed by atoms with Gasteiger partial charge in [-0.3, -0.25) is 9.63 Å². The number of benzene rings is 1. The molecular weight excluding hydrogens is 266 g/mol. The molecular formula is C13H14ClN3O2. The molecule has 100 valence electrons. The van der Waals surface area contributed by atoms with E-state index >= 15 is 0 Å². The minimum Gasteiger partial charge on any atom is -0.274 e. The molecule has 0 aliphatic rings. The minimum absolute atomic E-state index is 0.236. The van der Waals surface area contributed by atoms with E-state index in [2.05, 4.69) is 5.10 Å². The zero-order valence-electron chi connectivity index (χ0n) is 10.9. The van der Waals surface area contributed by atoms with Crippen molar-refractivity contribution in [3.8, 4) is 5.69 Å². The zero-order chi connectivity index (χ0) is 14.0. The lowest BCUT2D eigenvalue weighted by Gasteiger charge is -2.13. The molecule has 0 aliphatic carbocycles. The highest BCUT2D eigenvalue weighted by Crippen LogP contribution is 2.17. The van der Waals surface area contributed by atoms with Crippen LogP contribution in [0.2, 0.25) is 5.02 Å². The second-order valence-corrected chi connectivity index (χ2v) is 4.45. The summed E-state index contributed by atoms with van der Waals surface area (Å²) in [5.41, 5.74) is 2.09. The van der Waals surface area contributed by atoms with Gasteiger partial charge < -0.3 is 0 Å². The fourth-order valence-electron chi connectivity index (χ4n) is 1.71. The summed E-state index contributed by atoms with van der Waals surface area (Å²) in [6.45, 7) is 1.83. The monoisotopic (exact) mass is 279 g/mol. The summed E-state index contributed by atoms with van der Waals surface area (Å²) in [6.07, 6.45) is 1.53. The van der Waals surface area contributed by atoms with Crippen LogP contribution in [0.15, 0.2) is 30.5 Å². The van der Waals surface area contributed by atoms with Crippen molar-refractivity contribution in [2.24, 2.45) is 0 Å². The third-order valence-corrected chi connectivity index (χ3v) is 3.12. The van der Waals surface area contributed by atoms with E-state index in [1.807, 2.05) is 19.1 Å². The quantitative estimate of drug-likeness (QED) is 0.811. The van der Waals surface area contributed by atoms with E-state index in [1.165, 1.54) is 13.3 Å². The minimum atomic E-state index is -0.236. The van der Waals surface area contributed by atoms with Gasteiger partial charge in [-0.15, -0.1) is 0 Å². The predicted octanol–water partition coefficient (Wildman–Crippen LogP) is 2.47. The topological polar surface area (TPSA) is 47.4 Å². The van der Waals surface area contributed by atoms with Gasteiger partial charge in [0.25, 0.3) is 5.91 Å². The lowest BCUT2D eigenvalue weighted by atomic mass is 10.2. The average Bonchev–Trinajstić information content (AvgIpc) is 2.80. The molecule has 1 aromatic heterocycles. The van der Waals surface area contributed by atoms with Gasteiger partial charge in [0.15, 0.2) is 0 Å². The summed E-state index contributed by atoms with van der Waals surface area (Å²) < 4.78 is 1.69. The molecule has 1 amide bonds.